The average Bonchev–Trinajstić information content (AvgIpc) is 3.07. The number of carbonyl (C=O) groups excluding carboxylic acids is 1. The highest BCUT2D eigenvalue weighted by Crippen LogP contribution is 2.21. The molecular formula is C18H15ClFN3O3S2. The molecule has 1 heterocycles. The molecule has 0 unspecified atom stereocenters. The van der Waals surface area contributed by atoms with E-state index in [9.17, 15) is 17.6 Å². The van der Waals surface area contributed by atoms with Crippen LogP contribution in [0.1, 0.15) is 12.1 Å². The van der Waals surface area contributed by atoms with Gasteiger partial charge in [-0.25, -0.2) is 17.8 Å². The molecule has 3 rings (SSSR count). The molecule has 0 aliphatic heterocycles. The number of nitrogens with one attached hydrogen (secondary N) is 2. The maximum Gasteiger partial charge on any atom is 0.263 e. The Kier molecular flexibility index (Phi) is 6.28. The Bertz CT molecular complexity index is 1090. The number of benzene rings is 2. The van der Waals surface area contributed by atoms with Crippen LogP contribution in [0.15, 0.2) is 58.8 Å². The Morgan fingerprint density at radius 3 is 2.64 bits per heavy atom. The topological polar surface area (TPSA) is 88.2 Å². The number of halogens is 2. The maximum atomic E-state index is 12.9. The zero-order valence-corrected chi connectivity index (χ0v) is 16.7. The summed E-state index contributed by atoms with van der Waals surface area (Å²) in [5.74, 6) is -0.727. The standard InChI is InChI=1S/C18H15ClFN3O3S2/c19-12-2-1-3-14(10-12)21-17(24)9-6-15-11-27-18(22-15)23-28(25,26)16-7-4-13(20)5-8-16/h1-5,7-8,10-11H,6,9H2,(H,21,24)(H,22,23). The summed E-state index contributed by atoms with van der Waals surface area (Å²) >= 11 is 6.98. The number of carbonyl (C=O) groups is 1. The van der Waals surface area contributed by atoms with Crippen LogP contribution in [0.5, 0.6) is 0 Å². The summed E-state index contributed by atoms with van der Waals surface area (Å²) in [6.07, 6.45) is 0.529. The first-order chi connectivity index (χ1) is 13.3. The highest BCUT2D eigenvalue weighted by Gasteiger charge is 2.16. The lowest BCUT2D eigenvalue weighted by molar-refractivity contribution is -0.116. The van der Waals surface area contributed by atoms with Crippen molar-refractivity contribution in [3.05, 3.63) is 70.4 Å². The van der Waals surface area contributed by atoms with E-state index < -0.39 is 15.8 Å². The monoisotopic (exact) mass is 439 g/mol. The molecule has 2 aromatic carbocycles. The lowest BCUT2D eigenvalue weighted by Crippen LogP contribution is -2.13. The summed E-state index contributed by atoms with van der Waals surface area (Å²) in [5.41, 5.74) is 1.19. The number of anilines is 2. The number of sulfonamides is 1. The first-order valence-electron chi connectivity index (χ1n) is 8.10. The molecule has 0 bridgehead atoms. The van der Waals surface area contributed by atoms with Gasteiger partial charge in [0.15, 0.2) is 5.13 Å². The van der Waals surface area contributed by atoms with Gasteiger partial charge in [-0.15, -0.1) is 11.3 Å². The number of hydrogen-bond donors (Lipinski definition) is 2. The van der Waals surface area contributed by atoms with Crippen molar-refractivity contribution in [2.75, 3.05) is 10.0 Å². The summed E-state index contributed by atoms with van der Waals surface area (Å²) in [7, 11) is -3.85. The molecule has 0 aliphatic carbocycles. The molecular weight excluding hydrogens is 425 g/mol. The molecule has 0 aliphatic rings. The molecule has 1 amide bonds. The third-order valence-electron chi connectivity index (χ3n) is 3.61. The minimum absolute atomic E-state index is 0.0634. The summed E-state index contributed by atoms with van der Waals surface area (Å²) < 4.78 is 39.9. The first-order valence-corrected chi connectivity index (χ1v) is 10.8. The maximum absolute atomic E-state index is 12.9. The van der Waals surface area contributed by atoms with E-state index in [0.29, 0.717) is 22.8 Å². The second-order valence-electron chi connectivity index (χ2n) is 5.76. The summed E-state index contributed by atoms with van der Waals surface area (Å²) in [5, 5.41) is 5.11. The molecule has 6 nitrogen and oxygen atoms in total. The zero-order valence-electron chi connectivity index (χ0n) is 14.4. The third-order valence-corrected chi connectivity index (χ3v) is 6.14. The largest absolute Gasteiger partial charge is 0.326 e. The van der Waals surface area contributed by atoms with Crippen LogP contribution in [-0.4, -0.2) is 19.3 Å². The molecule has 0 radical (unpaired) electrons. The Hall–Kier alpha value is -2.49. The quantitative estimate of drug-likeness (QED) is 0.574. The number of hydrogen-bond acceptors (Lipinski definition) is 5. The number of thiazole rings is 1. The van der Waals surface area contributed by atoms with Gasteiger partial charge in [-0.1, -0.05) is 17.7 Å². The van der Waals surface area contributed by atoms with E-state index >= 15 is 0 Å². The fourth-order valence-electron chi connectivity index (χ4n) is 2.29. The van der Waals surface area contributed by atoms with Crippen LogP contribution in [0.3, 0.4) is 0 Å². The lowest BCUT2D eigenvalue weighted by atomic mass is 10.2. The molecule has 0 saturated carbocycles. The summed E-state index contributed by atoms with van der Waals surface area (Å²) in [6, 6.07) is 11.3. The van der Waals surface area contributed by atoms with E-state index in [0.717, 1.165) is 23.5 Å². The van der Waals surface area contributed by atoms with Crippen molar-refractivity contribution in [1.29, 1.82) is 0 Å². The Balaban J connectivity index is 1.56. The molecule has 10 heteroatoms. The molecule has 0 atom stereocenters. The van der Waals surface area contributed by atoms with Gasteiger partial charge in [0, 0.05) is 22.5 Å². The lowest BCUT2D eigenvalue weighted by Gasteiger charge is -2.05. The Labute approximate surface area is 170 Å². The van der Waals surface area contributed by atoms with Gasteiger partial charge >= 0.3 is 0 Å². The molecule has 28 heavy (non-hydrogen) atoms. The SMILES string of the molecule is O=C(CCc1csc(NS(=O)(=O)c2ccc(F)cc2)n1)Nc1cccc(Cl)c1. The highest BCUT2D eigenvalue weighted by atomic mass is 35.5. The van der Waals surface area contributed by atoms with Gasteiger partial charge in [0.2, 0.25) is 5.91 Å². The smallest absolute Gasteiger partial charge is 0.263 e. The van der Waals surface area contributed by atoms with Gasteiger partial charge in [-0.2, -0.15) is 0 Å². The number of aryl methyl sites for hydroxylation is 1. The van der Waals surface area contributed by atoms with Gasteiger partial charge in [-0.3, -0.25) is 9.52 Å². The number of amides is 1. The van der Waals surface area contributed by atoms with Crippen LogP contribution >= 0.6 is 22.9 Å². The molecule has 3 aromatic rings. The van der Waals surface area contributed by atoms with Crippen LogP contribution in [0, 0.1) is 5.82 Å². The van der Waals surface area contributed by atoms with Crippen molar-refractivity contribution in [3.8, 4) is 0 Å². The van der Waals surface area contributed by atoms with Crippen molar-refractivity contribution >= 4 is 49.7 Å². The molecule has 146 valence electrons. The van der Waals surface area contributed by atoms with Crippen molar-refractivity contribution in [3.63, 3.8) is 0 Å². The van der Waals surface area contributed by atoms with Crippen LogP contribution in [-0.2, 0) is 21.2 Å². The normalized spacial score (nSPS) is 11.2. The van der Waals surface area contributed by atoms with Gasteiger partial charge in [0.1, 0.15) is 5.82 Å². The highest BCUT2D eigenvalue weighted by molar-refractivity contribution is 7.93. The summed E-state index contributed by atoms with van der Waals surface area (Å²) in [6.45, 7) is 0. The van der Waals surface area contributed by atoms with Gasteiger partial charge < -0.3 is 5.32 Å². The fourth-order valence-corrected chi connectivity index (χ4v) is 4.48. The number of rotatable bonds is 7. The van der Waals surface area contributed by atoms with Crippen molar-refractivity contribution < 1.29 is 17.6 Å². The van der Waals surface area contributed by atoms with Gasteiger partial charge in [0.05, 0.1) is 10.6 Å². The van der Waals surface area contributed by atoms with Crippen LogP contribution < -0.4 is 10.0 Å². The van der Waals surface area contributed by atoms with Crippen LogP contribution in [0.2, 0.25) is 5.02 Å². The summed E-state index contributed by atoms with van der Waals surface area (Å²) in [4.78, 5) is 16.1. The van der Waals surface area contributed by atoms with Crippen molar-refractivity contribution in [2.45, 2.75) is 17.7 Å². The Morgan fingerprint density at radius 2 is 1.93 bits per heavy atom. The zero-order chi connectivity index (χ0) is 20.1. The predicted molar refractivity (Wildman–Crippen MR) is 108 cm³/mol. The van der Waals surface area contributed by atoms with Crippen molar-refractivity contribution in [2.24, 2.45) is 0 Å². The van der Waals surface area contributed by atoms with Gasteiger partial charge in [0.25, 0.3) is 10.0 Å². The molecule has 1 aromatic heterocycles. The molecule has 0 spiro atoms. The fraction of sp³-hybridized carbons (Fsp3) is 0.111. The minimum atomic E-state index is -3.85. The number of nitrogens with zero attached hydrogens (tertiary/aromatic N) is 1. The minimum Gasteiger partial charge on any atom is -0.326 e. The van der Waals surface area contributed by atoms with Gasteiger partial charge in [-0.05, 0) is 48.9 Å². The van der Waals surface area contributed by atoms with E-state index in [1.807, 2.05) is 0 Å². The molecule has 0 saturated heterocycles. The van der Waals surface area contributed by atoms with E-state index in [2.05, 4.69) is 15.0 Å². The molecule has 2 N–H and O–H groups in total. The van der Waals surface area contributed by atoms with Crippen LogP contribution in [0.4, 0.5) is 15.2 Å². The van der Waals surface area contributed by atoms with E-state index in [-0.39, 0.29) is 22.4 Å². The predicted octanol–water partition coefficient (Wildman–Crippen LogP) is 4.31. The van der Waals surface area contributed by atoms with Crippen molar-refractivity contribution in [1.82, 2.24) is 4.98 Å². The van der Waals surface area contributed by atoms with E-state index in [1.54, 1.807) is 29.6 Å². The Morgan fingerprint density at radius 1 is 1.18 bits per heavy atom. The average molecular weight is 440 g/mol. The second kappa shape index (κ2) is 8.68. The van der Waals surface area contributed by atoms with E-state index in [1.165, 1.54) is 12.1 Å². The molecule has 0 fully saturated rings. The number of aromatic nitrogens is 1. The van der Waals surface area contributed by atoms with E-state index in [4.69, 9.17) is 11.6 Å². The second-order valence-corrected chi connectivity index (χ2v) is 8.74. The third kappa shape index (κ3) is 5.51. The van der Waals surface area contributed by atoms with Crippen LogP contribution in [0.25, 0.3) is 0 Å². The first kappa shape index (κ1) is 20.2.